The van der Waals surface area contributed by atoms with Gasteiger partial charge in [0.25, 0.3) is 0 Å². The lowest BCUT2D eigenvalue weighted by Crippen LogP contribution is -2.31. The molecule has 0 aliphatic rings. The van der Waals surface area contributed by atoms with Crippen LogP contribution in [-0.4, -0.2) is 49.2 Å². The summed E-state index contributed by atoms with van der Waals surface area (Å²) in [4.78, 5) is 44.0. The van der Waals surface area contributed by atoms with Crippen molar-refractivity contribution in [3.05, 3.63) is 12.2 Å². The molecule has 1 atom stereocenters. The van der Waals surface area contributed by atoms with E-state index >= 15 is 0 Å². The number of Topliss-reactive ketones (excluding diaryl/α,β-unsaturated/α-hetero) is 2. The molecule has 178 valence electrons. The molecule has 0 aliphatic carbocycles. The predicted octanol–water partition coefficient (Wildman–Crippen LogP) is 3.59. The molecule has 8 nitrogen and oxygen atoms in total. The molecule has 0 spiro atoms. The Kier molecular flexibility index (Phi) is 22.3. The maximum absolute atomic E-state index is 11.5. The van der Waals surface area contributed by atoms with Crippen LogP contribution in [0.2, 0.25) is 0 Å². The van der Waals surface area contributed by atoms with E-state index in [1.807, 2.05) is 0 Å². The Morgan fingerprint density at radius 2 is 1.17 bits per heavy atom. The van der Waals surface area contributed by atoms with Crippen molar-refractivity contribution >= 4 is 19.4 Å². The summed E-state index contributed by atoms with van der Waals surface area (Å²) in [5.74, 6) is -1.28. The van der Waals surface area contributed by atoms with Gasteiger partial charge in [0, 0.05) is 6.42 Å². The van der Waals surface area contributed by atoms with E-state index in [0.717, 1.165) is 25.7 Å². The van der Waals surface area contributed by atoms with Crippen molar-refractivity contribution in [1.29, 1.82) is 0 Å². The molecule has 0 aromatic heterocycles. The van der Waals surface area contributed by atoms with E-state index in [1.54, 1.807) is 0 Å². The molecule has 0 radical (unpaired) electrons. The van der Waals surface area contributed by atoms with Crippen molar-refractivity contribution in [2.45, 2.75) is 103 Å². The van der Waals surface area contributed by atoms with Gasteiger partial charge < -0.3 is 24.9 Å². The molecule has 1 unspecified atom stereocenters. The first kappa shape index (κ1) is 31.3. The lowest BCUT2D eigenvalue weighted by atomic mass is 10.0. The molecule has 30 heavy (non-hydrogen) atoms. The summed E-state index contributed by atoms with van der Waals surface area (Å²) in [5, 5.41) is 17.9. The van der Waals surface area contributed by atoms with Gasteiger partial charge in [-0.05, 0) is 32.1 Å². The van der Waals surface area contributed by atoms with Gasteiger partial charge in [-0.2, -0.15) is 0 Å². The van der Waals surface area contributed by atoms with Crippen LogP contribution in [0.4, 0.5) is 0 Å². The summed E-state index contributed by atoms with van der Waals surface area (Å²) in [6, 6.07) is 0. The number of carbonyl (C=O) groups is 2. The molecule has 9 heteroatoms. The lowest BCUT2D eigenvalue weighted by Gasteiger charge is -2.06. The minimum Gasteiger partial charge on any atom is -0.388 e. The van der Waals surface area contributed by atoms with E-state index < -0.39 is 32.1 Å². The molecule has 0 aromatic carbocycles. The maximum atomic E-state index is 11.5. The summed E-state index contributed by atoms with van der Waals surface area (Å²) >= 11 is 0. The average Bonchev–Trinajstić information content (AvgIpc) is 2.68. The summed E-state index contributed by atoms with van der Waals surface area (Å²) in [7, 11) is -4.64. The molecule has 0 aromatic rings. The van der Waals surface area contributed by atoms with Crippen LogP contribution < -0.4 is 0 Å². The molecule has 0 bridgehead atoms. The minimum atomic E-state index is -4.64. The van der Waals surface area contributed by atoms with Crippen molar-refractivity contribution in [3.8, 4) is 0 Å². The second kappa shape index (κ2) is 21.3. The van der Waals surface area contributed by atoms with Gasteiger partial charge in [0.05, 0.1) is 0 Å². The summed E-state index contributed by atoms with van der Waals surface area (Å²) in [5.41, 5.74) is 0. The third-order valence-corrected chi connectivity index (χ3v) is 4.45. The first-order valence-electron chi connectivity index (χ1n) is 10.9. The summed E-state index contributed by atoms with van der Waals surface area (Å²) in [6.45, 7) is 1.47. The number of rotatable bonds is 18. The van der Waals surface area contributed by atoms with Crippen LogP contribution in [-0.2, 0) is 14.2 Å². The minimum absolute atomic E-state index is 0.213. The molecule has 0 saturated heterocycles. The highest BCUT2D eigenvalue weighted by molar-refractivity contribution is 7.45. The SMILES string of the molecule is CCCCCCCCC=CCCCCCCCC(=O)C(O)C(=O)CO.O=P(O)(O)O. The van der Waals surface area contributed by atoms with Gasteiger partial charge in [-0.1, -0.05) is 70.4 Å². The van der Waals surface area contributed by atoms with Crippen molar-refractivity contribution in [2.75, 3.05) is 6.61 Å². The average molecular weight is 453 g/mol. The molecular formula is C21H41O8P. The zero-order valence-electron chi connectivity index (χ0n) is 18.2. The van der Waals surface area contributed by atoms with E-state index in [-0.39, 0.29) is 6.42 Å². The van der Waals surface area contributed by atoms with Crippen LogP contribution >= 0.6 is 7.82 Å². The van der Waals surface area contributed by atoms with Crippen LogP contribution in [0.15, 0.2) is 12.2 Å². The Balaban J connectivity index is 0. The molecular weight excluding hydrogens is 411 g/mol. The fourth-order valence-corrected chi connectivity index (χ4v) is 2.77. The summed E-state index contributed by atoms with van der Waals surface area (Å²) in [6.07, 6.45) is 18.6. The van der Waals surface area contributed by atoms with Crippen molar-refractivity contribution < 1.29 is 39.0 Å². The summed E-state index contributed by atoms with van der Waals surface area (Å²) < 4.78 is 8.88. The van der Waals surface area contributed by atoms with Gasteiger partial charge >= 0.3 is 7.82 Å². The van der Waals surface area contributed by atoms with Crippen LogP contribution in [0, 0.1) is 0 Å². The van der Waals surface area contributed by atoms with Crippen LogP contribution in [0.3, 0.4) is 0 Å². The number of aliphatic hydroxyl groups excluding tert-OH is 2. The molecule has 0 aliphatic heterocycles. The van der Waals surface area contributed by atoms with Crippen molar-refractivity contribution in [3.63, 3.8) is 0 Å². The Bertz CT molecular complexity index is 493. The number of allylic oxidation sites excluding steroid dienone is 2. The van der Waals surface area contributed by atoms with Crippen molar-refractivity contribution in [2.24, 2.45) is 0 Å². The van der Waals surface area contributed by atoms with E-state index in [9.17, 15) is 14.7 Å². The molecule has 0 fully saturated rings. The number of hydrogen-bond donors (Lipinski definition) is 5. The largest absolute Gasteiger partial charge is 0.466 e. The number of hydrogen-bond acceptors (Lipinski definition) is 5. The third kappa shape index (κ3) is 27.1. The standard InChI is InChI=1S/C21H38O4.H3O4P/c1-2-3-4-5-6-7-8-9-10-11-12-13-14-15-16-17-19(23)21(25)20(24)18-22;1-5(2,3)4/h9-10,21-22,25H,2-8,11-18H2,1H3;(H3,1,2,3,4). The van der Waals surface area contributed by atoms with Crippen LogP contribution in [0.1, 0.15) is 96.8 Å². The number of phosphoric acid groups is 1. The monoisotopic (exact) mass is 452 g/mol. The Hall–Kier alpha value is -0.890. The molecule has 0 heterocycles. The molecule has 0 rings (SSSR count). The fraction of sp³-hybridized carbons (Fsp3) is 0.810. The number of unbranched alkanes of at least 4 members (excludes halogenated alkanes) is 11. The van der Waals surface area contributed by atoms with Gasteiger partial charge in [-0.25, -0.2) is 4.57 Å². The normalized spacial score (nSPS) is 12.5. The number of ketones is 2. The van der Waals surface area contributed by atoms with Gasteiger partial charge in [-0.15, -0.1) is 0 Å². The van der Waals surface area contributed by atoms with E-state index in [0.29, 0.717) is 6.42 Å². The Morgan fingerprint density at radius 1 is 0.767 bits per heavy atom. The maximum Gasteiger partial charge on any atom is 0.466 e. The smallest absolute Gasteiger partial charge is 0.388 e. The topological polar surface area (TPSA) is 152 Å². The predicted molar refractivity (Wildman–Crippen MR) is 117 cm³/mol. The fourth-order valence-electron chi connectivity index (χ4n) is 2.77. The highest BCUT2D eigenvalue weighted by Crippen LogP contribution is 2.25. The van der Waals surface area contributed by atoms with E-state index in [1.165, 1.54) is 51.4 Å². The first-order chi connectivity index (χ1) is 14.1. The van der Waals surface area contributed by atoms with E-state index in [4.69, 9.17) is 24.4 Å². The number of carbonyl (C=O) groups excluding carboxylic acids is 2. The van der Waals surface area contributed by atoms with Crippen LogP contribution in [0.5, 0.6) is 0 Å². The zero-order valence-corrected chi connectivity index (χ0v) is 19.1. The van der Waals surface area contributed by atoms with Gasteiger partial charge in [0.2, 0.25) is 0 Å². The van der Waals surface area contributed by atoms with Crippen molar-refractivity contribution in [1.82, 2.24) is 0 Å². The van der Waals surface area contributed by atoms with Gasteiger partial charge in [-0.3, -0.25) is 9.59 Å². The van der Waals surface area contributed by atoms with Gasteiger partial charge in [0.1, 0.15) is 6.61 Å². The Labute approximate surface area is 180 Å². The highest BCUT2D eigenvalue weighted by Gasteiger charge is 2.21. The molecule has 0 saturated carbocycles. The lowest BCUT2D eigenvalue weighted by molar-refractivity contribution is -0.140. The Morgan fingerprint density at radius 3 is 1.60 bits per heavy atom. The zero-order chi connectivity index (χ0) is 23.3. The highest BCUT2D eigenvalue weighted by atomic mass is 31.2. The van der Waals surface area contributed by atoms with Gasteiger partial charge in [0.15, 0.2) is 17.7 Å². The molecule has 5 N–H and O–H groups in total. The number of aliphatic hydroxyl groups is 2. The van der Waals surface area contributed by atoms with Crippen LogP contribution in [0.25, 0.3) is 0 Å². The second-order valence-electron chi connectivity index (χ2n) is 7.34. The first-order valence-corrected chi connectivity index (χ1v) is 12.5. The molecule has 0 amide bonds. The second-order valence-corrected chi connectivity index (χ2v) is 8.37. The third-order valence-electron chi connectivity index (χ3n) is 4.45. The van der Waals surface area contributed by atoms with E-state index in [2.05, 4.69) is 19.1 Å². The quantitative estimate of drug-likeness (QED) is 0.0915.